The lowest BCUT2D eigenvalue weighted by atomic mass is 9.83. The van der Waals surface area contributed by atoms with Gasteiger partial charge in [0.25, 0.3) is 0 Å². The van der Waals surface area contributed by atoms with Crippen LogP contribution < -0.4 is 4.74 Å². The van der Waals surface area contributed by atoms with Gasteiger partial charge in [0.1, 0.15) is 0 Å². The normalized spacial score (nSPS) is 18.9. The fraction of sp³-hybridized carbons (Fsp3) is 0.600. The number of halogens is 2. The summed E-state index contributed by atoms with van der Waals surface area (Å²) in [6.07, 6.45) is 6.78. The molecule has 2 rings (SSSR count). The molecule has 4 heteroatoms. The number of hydrogen-bond donors (Lipinski definition) is 1. The molecule has 0 aliphatic heterocycles. The van der Waals surface area contributed by atoms with Crippen LogP contribution in [-0.2, 0) is 0 Å². The number of thiol groups is 1. The van der Waals surface area contributed by atoms with E-state index in [0.717, 1.165) is 25.7 Å². The molecule has 0 N–H and O–H groups in total. The first-order valence-corrected chi connectivity index (χ1v) is 7.48. The lowest BCUT2D eigenvalue weighted by Gasteiger charge is -2.31. The van der Waals surface area contributed by atoms with Gasteiger partial charge in [0.05, 0.1) is 6.61 Å². The van der Waals surface area contributed by atoms with Crippen molar-refractivity contribution in [3.63, 3.8) is 0 Å². The Morgan fingerprint density at radius 2 is 1.63 bits per heavy atom. The van der Waals surface area contributed by atoms with Crippen molar-refractivity contribution < 1.29 is 13.5 Å². The van der Waals surface area contributed by atoms with E-state index in [2.05, 4.69) is 12.6 Å². The highest BCUT2D eigenvalue weighted by molar-refractivity contribution is 7.80. The molecule has 0 amide bonds. The minimum absolute atomic E-state index is 0.0473. The third-order valence-corrected chi connectivity index (χ3v) is 4.61. The number of para-hydroxylation sites is 1. The fourth-order valence-electron chi connectivity index (χ4n) is 2.67. The molecular weight excluding hydrogens is 266 g/mol. The van der Waals surface area contributed by atoms with E-state index in [1.54, 1.807) is 0 Å². The first-order valence-electron chi connectivity index (χ1n) is 6.85. The maximum absolute atomic E-state index is 13.5. The molecule has 0 spiro atoms. The Morgan fingerprint density at radius 1 is 1.05 bits per heavy atom. The summed E-state index contributed by atoms with van der Waals surface area (Å²) in [5.74, 6) is -0.831. The molecule has 1 fully saturated rings. The van der Waals surface area contributed by atoms with E-state index < -0.39 is 11.6 Å². The van der Waals surface area contributed by atoms with Crippen molar-refractivity contribution in [3.8, 4) is 5.75 Å². The number of hydrogen-bond acceptors (Lipinski definition) is 2. The zero-order valence-corrected chi connectivity index (χ0v) is 11.9. The van der Waals surface area contributed by atoms with Crippen LogP contribution in [0.15, 0.2) is 18.2 Å². The highest BCUT2D eigenvalue weighted by Crippen LogP contribution is 2.37. The molecule has 1 aromatic carbocycles. The predicted octanol–water partition coefficient (Wildman–Crippen LogP) is 4.61. The van der Waals surface area contributed by atoms with E-state index in [0.29, 0.717) is 12.4 Å². The maximum Gasteiger partial charge on any atom is 0.190 e. The second-order valence-electron chi connectivity index (χ2n) is 5.41. The standard InChI is InChI=1S/C15H20F2OS/c16-12-6-5-7-13(17)14(12)18-10-15(11-19)8-3-1-2-4-9-15/h5-7,19H,1-4,8-11H2. The molecule has 19 heavy (non-hydrogen) atoms. The molecule has 1 saturated carbocycles. The third-order valence-electron chi connectivity index (χ3n) is 3.94. The highest BCUT2D eigenvalue weighted by Gasteiger charge is 2.31. The largest absolute Gasteiger partial charge is 0.487 e. The topological polar surface area (TPSA) is 9.23 Å². The van der Waals surface area contributed by atoms with E-state index in [1.807, 2.05) is 0 Å². The molecule has 0 bridgehead atoms. The highest BCUT2D eigenvalue weighted by atomic mass is 32.1. The fourth-order valence-corrected chi connectivity index (χ4v) is 3.08. The monoisotopic (exact) mass is 286 g/mol. The van der Waals surface area contributed by atoms with E-state index in [9.17, 15) is 8.78 Å². The van der Waals surface area contributed by atoms with Crippen LogP contribution in [0.3, 0.4) is 0 Å². The van der Waals surface area contributed by atoms with Gasteiger partial charge in [-0.2, -0.15) is 12.6 Å². The van der Waals surface area contributed by atoms with Gasteiger partial charge >= 0.3 is 0 Å². The van der Waals surface area contributed by atoms with Crippen LogP contribution >= 0.6 is 12.6 Å². The van der Waals surface area contributed by atoms with Gasteiger partial charge in [0.2, 0.25) is 0 Å². The first kappa shape index (κ1) is 14.6. The molecule has 0 unspecified atom stereocenters. The zero-order chi connectivity index (χ0) is 13.7. The summed E-state index contributed by atoms with van der Waals surface area (Å²) in [4.78, 5) is 0. The molecule has 1 nitrogen and oxygen atoms in total. The van der Waals surface area contributed by atoms with Gasteiger partial charge in [0, 0.05) is 5.41 Å². The predicted molar refractivity (Wildman–Crippen MR) is 75.8 cm³/mol. The maximum atomic E-state index is 13.5. The van der Waals surface area contributed by atoms with Crippen molar-refractivity contribution >= 4 is 12.6 Å². The van der Waals surface area contributed by atoms with E-state index in [4.69, 9.17) is 4.74 Å². The molecule has 0 aromatic heterocycles. The van der Waals surface area contributed by atoms with E-state index in [-0.39, 0.29) is 11.2 Å². The van der Waals surface area contributed by atoms with Gasteiger partial charge in [-0.15, -0.1) is 0 Å². The van der Waals surface area contributed by atoms with Crippen LogP contribution in [-0.4, -0.2) is 12.4 Å². The summed E-state index contributed by atoms with van der Waals surface area (Å²) in [5, 5.41) is 0. The Morgan fingerprint density at radius 3 is 2.16 bits per heavy atom. The Labute approximate surface area is 118 Å². The minimum atomic E-state index is -0.636. The van der Waals surface area contributed by atoms with Gasteiger partial charge in [-0.1, -0.05) is 31.7 Å². The first-order chi connectivity index (χ1) is 9.17. The average molecular weight is 286 g/mol. The van der Waals surface area contributed by atoms with Crippen molar-refractivity contribution in [2.24, 2.45) is 5.41 Å². The molecule has 0 heterocycles. The molecule has 0 atom stereocenters. The number of rotatable bonds is 4. The quantitative estimate of drug-likeness (QED) is 0.628. The van der Waals surface area contributed by atoms with Crippen molar-refractivity contribution in [3.05, 3.63) is 29.8 Å². The zero-order valence-electron chi connectivity index (χ0n) is 11.0. The van der Waals surface area contributed by atoms with Crippen molar-refractivity contribution in [1.29, 1.82) is 0 Å². The lowest BCUT2D eigenvalue weighted by molar-refractivity contribution is 0.139. The van der Waals surface area contributed by atoms with Crippen molar-refractivity contribution in [1.82, 2.24) is 0 Å². The van der Waals surface area contributed by atoms with Gasteiger partial charge in [-0.25, -0.2) is 8.78 Å². The Hall–Kier alpha value is -0.770. The van der Waals surface area contributed by atoms with E-state index in [1.165, 1.54) is 31.0 Å². The minimum Gasteiger partial charge on any atom is -0.487 e. The Balaban J connectivity index is 2.06. The van der Waals surface area contributed by atoms with Crippen molar-refractivity contribution in [2.45, 2.75) is 38.5 Å². The summed E-state index contributed by atoms with van der Waals surface area (Å²) in [7, 11) is 0. The number of ether oxygens (including phenoxy) is 1. The van der Waals surface area contributed by atoms with Crippen molar-refractivity contribution in [2.75, 3.05) is 12.4 Å². The molecular formula is C15H20F2OS. The van der Waals surface area contributed by atoms with Gasteiger partial charge in [0.15, 0.2) is 17.4 Å². The second-order valence-corrected chi connectivity index (χ2v) is 5.73. The Kier molecular flexibility index (Phi) is 5.08. The molecule has 1 aliphatic carbocycles. The summed E-state index contributed by atoms with van der Waals surface area (Å²) in [6, 6.07) is 3.79. The third kappa shape index (κ3) is 3.62. The van der Waals surface area contributed by atoms with Gasteiger partial charge < -0.3 is 4.74 Å². The van der Waals surface area contributed by atoms with Crippen LogP contribution in [0.2, 0.25) is 0 Å². The summed E-state index contributed by atoms with van der Waals surface area (Å²) in [5.41, 5.74) is -0.0473. The molecule has 0 saturated heterocycles. The van der Waals surface area contributed by atoms with Crippen LogP contribution in [0.4, 0.5) is 8.78 Å². The summed E-state index contributed by atoms with van der Waals surface area (Å²) in [6.45, 7) is 0.342. The molecule has 1 aromatic rings. The van der Waals surface area contributed by atoms with Crippen LogP contribution in [0.1, 0.15) is 38.5 Å². The van der Waals surface area contributed by atoms with Crippen LogP contribution in [0.25, 0.3) is 0 Å². The van der Waals surface area contributed by atoms with E-state index >= 15 is 0 Å². The molecule has 1 aliphatic rings. The molecule has 0 radical (unpaired) electrons. The lowest BCUT2D eigenvalue weighted by Crippen LogP contribution is -2.30. The summed E-state index contributed by atoms with van der Waals surface area (Å²) < 4.78 is 32.5. The summed E-state index contributed by atoms with van der Waals surface area (Å²) >= 11 is 4.43. The van der Waals surface area contributed by atoms with Gasteiger partial charge in [-0.3, -0.25) is 0 Å². The van der Waals surface area contributed by atoms with Gasteiger partial charge in [-0.05, 0) is 30.7 Å². The SMILES string of the molecule is Fc1cccc(F)c1OCC1(CS)CCCCCC1. The smallest absolute Gasteiger partial charge is 0.190 e. The molecule has 106 valence electrons. The average Bonchev–Trinajstić information content (AvgIpc) is 2.64. The second kappa shape index (κ2) is 6.60. The number of benzene rings is 1. The van der Waals surface area contributed by atoms with Crippen LogP contribution in [0.5, 0.6) is 5.75 Å². The Bertz CT molecular complexity index is 394. The van der Waals surface area contributed by atoms with Crippen LogP contribution in [0, 0.1) is 17.0 Å².